The highest BCUT2D eigenvalue weighted by Gasteiger charge is 2.24. The Balaban J connectivity index is 1.95. The average molecular weight is 384 g/mol. The molecule has 0 aliphatic carbocycles. The second-order valence-electron chi connectivity index (χ2n) is 5.56. The summed E-state index contributed by atoms with van der Waals surface area (Å²) in [4.78, 5) is 16.5. The van der Waals surface area contributed by atoms with E-state index in [9.17, 15) is 4.79 Å². The average Bonchev–Trinajstić information content (AvgIpc) is 3.03. The zero-order valence-corrected chi connectivity index (χ0v) is 15.5. The van der Waals surface area contributed by atoms with Crippen LogP contribution >= 0.6 is 11.6 Å². The van der Waals surface area contributed by atoms with E-state index in [1.165, 1.54) is 0 Å². The Bertz CT molecular complexity index is 919. The fraction of sp³-hybridized carbons (Fsp3) is 0.143. The van der Waals surface area contributed by atoms with Crippen molar-refractivity contribution in [2.75, 3.05) is 13.2 Å². The summed E-state index contributed by atoms with van der Waals surface area (Å²) in [5.41, 5.74) is 1.57. The summed E-state index contributed by atoms with van der Waals surface area (Å²) < 4.78 is 16.4. The molecule has 0 saturated carbocycles. The summed E-state index contributed by atoms with van der Waals surface area (Å²) in [6.07, 6.45) is 3.22. The molecule has 27 heavy (non-hydrogen) atoms. The minimum absolute atomic E-state index is 0.187. The molecule has 0 N–H and O–H groups in total. The van der Waals surface area contributed by atoms with Gasteiger partial charge in [0.05, 0.1) is 11.6 Å². The maximum Gasteiger partial charge on any atom is 0.363 e. The van der Waals surface area contributed by atoms with E-state index >= 15 is 0 Å². The van der Waals surface area contributed by atoms with Crippen molar-refractivity contribution in [2.24, 2.45) is 4.99 Å². The predicted octanol–water partition coefficient (Wildman–Crippen LogP) is 4.65. The maximum absolute atomic E-state index is 12.2. The zero-order chi connectivity index (χ0) is 19.2. The summed E-state index contributed by atoms with van der Waals surface area (Å²) in [5.74, 6) is 0.671. The van der Waals surface area contributed by atoms with Crippen molar-refractivity contribution in [2.45, 2.75) is 6.92 Å². The van der Waals surface area contributed by atoms with Crippen LogP contribution in [-0.2, 0) is 9.53 Å². The number of carbonyl (C=O) groups excluding carboxylic acids is 1. The molecule has 1 aliphatic heterocycles. The van der Waals surface area contributed by atoms with Gasteiger partial charge in [0.15, 0.2) is 17.2 Å². The van der Waals surface area contributed by atoms with Crippen LogP contribution in [0.15, 0.2) is 65.8 Å². The van der Waals surface area contributed by atoms with Gasteiger partial charge in [0, 0.05) is 5.56 Å². The van der Waals surface area contributed by atoms with Gasteiger partial charge in [0.25, 0.3) is 0 Å². The standard InChI is InChI=1S/C21H18ClNO4/c1-3-10-26-19-16(22)11-14(13-18(19)25-4-2)12-17-21(24)27-20(23-17)15-8-6-5-7-9-15/h3,5-9,11-13H,1,4,10H2,2H3/b17-12-. The number of hydrogen-bond donors (Lipinski definition) is 0. The second kappa shape index (κ2) is 8.56. The van der Waals surface area contributed by atoms with Gasteiger partial charge in [-0.15, -0.1) is 0 Å². The third kappa shape index (κ3) is 4.38. The molecule has 2 aromatic rings. The van der Waals surface area contributed by atoms with E-state index in [2.05, 4.69) is 11.6 Å². The summed E-state index contributed by atoms with van der Waals surface area (Å²) >= 11 is 6.33. The Morgan fingerprint density at radius 1 is 1.22 bits per heavy atom. The Morgan fingerprint density at radius 3 is 2.70 bits per heavy atom. The number of halogens is 1. The van der Waals surface area contributed by atoms with Crippen molar-refractivity contribution in [3.05, 3.63) is 77.0 Å². The van der Waals surface area contributed by atoms with Gasteiger partial charge >= 0.3 is 5.97 Å². The van der Waals surface area contributed by atoms with Crippen LogP contribution in [-0.4, -0.2) is 25.1 Å². The molecule has 2 aromatic carbocycles. The molecule has 0 unspecified atom stereocenters. The molecule has 1 aliphatic rings. The van der Waals surface area contributed by atoms with E-state index in [1.54, 1.807) is 24.3 Å². The van der Waals surface area contributed by atoms with Gasteiger partial charge in [-0.25, -0.2) is 9.79 Å². The predicted molar refractivity (Wildman–Crippen MR) is 105 cm³/mol. The highest BCUT2D eigenvalue weighted by atomic mass is 35.5. The molecule has 0 atom stereocenters. The third-order valence-corrected chi connectivity index (χ3v) is 3.90. The van der Waals surface area contributed by atoms with E-state index < -0.39 is 5.97 Å². The lowest BCUT2D eigenvalue weighted by molar-refractivity contribution is -0.129. The Labute approximate surface area is 162 Å². The third-order valence-electron chi connectivity index (χ3n) is 3.62. The minimum Gasteiger partial charge on any atom is -0.490 e. The lowest BCUT2D eigenvalue weighted by Gasteiger charge is -2.13. The van der Waals surface area contributed by atoms with Crippen molar-refractivity contribution in [3.8, 4) is 11.5 Å². The first-order valence-electron chi connectivity index (χ1n) is 8.40. The molecule has 0 amide bonds. The topological polar surface area (TPSA) is 57.1 Å². The van der Waals surface area contributed by atoms with Gasteiger partial charge in [0.1, 0.15) is 6.61 Å². The molecule has 0 fully saturated rings. The monoisotopic (exact) mass is 383 g/mol. The van der Waals surface area contributed by atoms with E-state index in [0.717, 1.165) is 5.56 Å². The molecular weight excluding hydrogens is 366 g/mol. The summed E-state index contributed by atoms with van der Waals surface area (Å²) in [7, 11) is 0. The highest BCUT2D eigenvalue weighted by molar-refractivity contribution is 6.32. The smallest absolute Gasteiger partial charge is 0.363 e. The number of ether oxygens (including phenoxy) is 3. The van der Waals surface area contributed by atoms with Crippen LogP contribution in [0.4, 0.5) is 0 Å². The molecule has 0 bridgehead atoms. The molecule has 3 rings (SSSR count). The van der Waals surface area contributed by atoms with Gasteiger partial charge in [-0.1, -0.05) is 42.5 Å². The quantitative estimate of drug-likeness (QED) is 0.397. The van der Waals surface area contributed by atoms with Gasteiger partial charge in [-0.3, -0.25) is 0 Å². The van der Waals surface area contributed by atoms with Gasteiger partial charge < -0.3 is 14.2 Å². The summed E-state index contributed by atoms with van der Waals surface area (Å²) in [5, 5.41) is 0.369. The lowest BCUT2D eigenvalue weighted by atomic mass is 10.1. The number of carbonyl (C=O) groups is 1. The van der Waals surface area contributed by atoms with Crippen molar-refractivity contribution >= 4 is 29.5 Å². The van der Waals surface area contributed by atoms with Crippen LogP contribution in [0.3, 0.4) is 0 Å². The Hall–Kier alpha value is -3.05. The SMILES string of the molecule is C=CCOc1c(Cl)cc(/C=C2\N=C(c3ccccc3)OC2=O)cc1OCC. The fourth-order valence-electron chi connectivity index (χ4n) is 2.49. The second-order valence-corrected chi connectivity index (χ2v) is 5.97. The van der Waals surface area contributed by atoms with Gasteiger partial charge in [-0.05, 0) is 42.8 Å². The number of cyclic esters (lactones) is 1. The van der Waals surface area contributed by atoms with E-state index in [0.29, 0.717) is 35.3 Å². The largest absolute Gasteiger partial charge is 0.490 e. The molecular formula is C21H18ClNO4. The van der Waals surface area contributed by atoms with Crippen LogP contribution in [0.2, 0.25) is 5.02 Å². The number of nitrogens with zero attached hydrogens (tertiary/aromatic N) is 1. The van der Waals surface area contributed by atoms with Gasteiger partial charge in [0.2, 0.25) is 5.90 Å². The first-order valence-corrected chi connectivity index (χ1v) is 8.78. The van der Waals surface area contributed by atoms with Crippen LogP contribution in [0.1, 0.15) is 18.1 Å². The number of benzene rings is 2. The van der Waals surface area contributed by atoms with Crippen molar-refractivity contribution in [3.63, 3.8) is 0 Å². The summed E-state index contributed by atoms with van der Waals surface area (Å²) in [6.45, 7) is 6.23. The highest BCUT2D eigenvalue weighted by Crippen LogP contribution is 2.37. The molecule has 5 nitrogen and oxygen atoms in total. The van der Waals surface area contributed by atoms with Crippen LogP contribution in [0.5, 0.6) is 11.5 Å². The minimum atomic E-state index is -0.519. The van der Waals surface area contributed by atoms with Crippen LogP contribution < -0.4 is 9.47 Å². The molecule has 138 valence electrons. The molecule has 0 saturated heterocycles. The number of aliphatic imine (C=N–C) groups is 1. The van der Waals surface area contributed by atoms with Crippen molar-refractivity contribution in [1.29, 1.82) is 0 Å². The molecule has 0 radical (unpaired) electrons. The van der Waals surface area contributed by atoms with Gasteiger partial charge in [-0.2, -0.15) is 0 Å². The zero-order valence-electron chi connectivity index (χ0n) is 14.8. The molecule has 1 heterocycles. The number of rotatable bonds is 7. The number of esters is 1. The molecule has 6 heteroatoms. The normalized spacial score (nSPS) is 14.7. The molecule has 0 aromatic heterocycles. The van der Waals surface area contributed by atoms with Crippen molar-refractivity contribution < 1.29 is 19.0 Å². The Kier molecular flexibility index (Phi) is 5.94. The lowest BCUT2D eigenvalue weighted by Crippen LogP contribution is -2.05. The van der Waals surface area contributed by atoms with E-state index in [-0.39, 0.29) is 11.6 Å². The fourth-order valence-corrected chi connectivity index (χ4v) is 2.76. The van der Waals surface area contributed by atoms with Crippen LogP contribution in [0, 0.1) is 0 Å². The first-order chi connectivity index (χ1) is 13.1. The molecule has 0 spiro atoms. The Morgan fingerprint density at radius 2 is 2.00 bits per heavy atom. The van der Waals surface area contributed by atoms with Crippen molar-refractivity contribution in [1.82, 2.24) is 0 Å². The first kappa shape index (κ1) is 18.7. The summed E-state index contributed by atoms with van der Waals surface area (Å²) in [6, 6.07) is 12.6. The van der Waals surface area contributed by atoms with E-state index in [1.807, 2.05) is 37.3 Å². The van der Waals surface area contributed by atoms with Crippen LogP contribution in [0.25, 0.3) is 6.08 Å². The maximum atomic E-state index is 12.2. The van der Waals surface area contributed by atoms with E-state index in [4.69, 9.17) is 25.8 Å². The number of hydrogen-bond acceptors (Lipinski definition) is 5.